The minimum Gasteiger partial charge on any atom is -0.361 e. The van der Waals surface area contributed by atoms with E-state index in [-0.39, 0.29) is 12.3 Å². The number of unbranched alkanes of at least 4 members (excludes halogenated alkanes) is 2. The highest BCUT2D eigenvalue weighted by molar-refractivity contribution is 7.88. The summed E-state index contributed by atoms with van der Waals surface area (Å²) in [6, 6.07) is 7.84. The molecule has 0 saturated carbocycles. The molecule has 0 unspecified atom stereocenters. The van der Waals surface area contributed by atoms with Gasteiger partial charge in [0.05, 0.1) is 12.7 Å². The van der Waals surface area contributed by atoms with Crippen LogP contribution in [-0.4, -0.2) is 49.5 Å². The summed E-state index contributed by atoms with van der Waals surface area (Å²) in [5, 5.41) is 3.86. The molecule has 0 aliphatic rings. The van der Waals surface area contributed by atoms with E-state index in [1.54, 1.807) is 0 Å². The first-order valence-electron chi connectivity index (χ1n) is 8.68. The Labute approximate surface area is 149 Å². The molecule has 2 N–H and O–H groups in total. The molecule has 0 aliphatic heterocycles. The SMILES string of the molecule is CCCCCN(CCNC(=O)Cc1c[nH]c2ccccc12)S(C)(=O)=O. The lowest BCUT2D eigenvalue weighted by molar-refractivity contribution is -0.120. The molecule has 7 heteroatoms. The van der Waals surface area contributed by atoms with Gasteiger partial charge in [0, 0.05) is 36.7 Å². The molecule has 0 radical (unpaired) electrons. The van der Waals surface area contributed by atoms with Crippen molar-refractivity contribution >= 4 is 26.8 Å². The van der Waals surface area contributed by atoms with Crippen molar-refractivity contribution in [2.75, 3.05) is 25.9 Å². The molecule has 2 aromatic rings. The first kappa shape index (κ1) is 19.5. The molecule has 25 heavy (non-hydrogen) atoms. The fourth-order valence-electron chi connectivity index (χ4n) is 2.81. The van der Waals surface area contributed by atoms with Crippen molar-refractivity contribution in [1.29, 1.82) is 0 Å². The second kappa shape index (κ2) is 9.01. The zero-order valence-electron chi connectivity index (χ0n) is 14.9. The number of nitrogens with zero attached hydrogens (tertiary/aromatic N) is 1. The lowest BCUT2D eigenvalue weighted by Crippen LogP contribution is -2.39. The van der Waals surface area contributed by atoms with Crippen molar-refractivity contribution in [2.45, 2.75) is 32.6 Å². The number of fused-ring (bicyclic) bond motifs is 1. The number of carbonyl (C=O) groups is 1. The number of carbonyl (C=O) groups excluding carboxylic acids is 1. The minimum absolute atomic E-state index is 0.105. The second-order valence-electron chi connectivity index (χ2n) is 6.26. The van der Waals surface area contributed by atoms with Crippen LogP contribution in [0.3, 0.4) is 0 Å². The maximum Gasteiger partial charge on any atom is 0.224 e. The number of aromatic amines is 1. The normalized spacial score (nSPS) is 12.0. The van der Waals surface area contributed by atoms with Gasteiger partial charge in [0.15, 0.2) is 0 Å². The number of aromatic nitrogens is 1. The van der Waals surface area contributed by atoms with Gasteiger partial charge in [-0.3, -0.25) is 4.79 Å². The number of H-pyrrole nitrogens is 1. The van der Waals surface area contributed by atoms with Gasteiger partial charge in [-0.2, -0.15) is 0 Å². The number of hydrogen-bond donors (Lipinski definition) is 2. The van der Waals surface area contributed by atoms with E-state index in [9.17, 15) is 13.2 Å². The summed E-state index contributed by atoms with van der Waals surface area (Å²) in [5.74, 6) is -0.105. The van der Waals surface area contributed by atoms with Crippen molar-refractivity contribution in [3.05, 3.63) is 36.0 Å². The van der Waals surface area contributed by atoms with E-state index in [0.717, 1.165) is 35.7 Å². The number of para-hydroxylation sites is 1. The zero-order valence-corrected chi connectivity index (χ0v) is 15.7. The third-order valence-corrected chi connectivity index (χ3v) is 5.49. The monoisotopic (exact) mass is 365 g/mol. The van der Waals surface area contributed by atoms with Crippen LogP contribution in [0.25, 0.3) is 10.9 Å². The molecule has 1 aromatic heterocycles. The van der Waals surface area contributed by atoms with Crippen LogP contribution in [0, 0.1) is 0 Å². The van der Waals surface area contributed by atoms with Gasteiger partial charge in [-0.05, 0) is 18.1 Å². The van der Waals surface area contributed by atoms with Gasteiger partial charge in [-0.1, -0.05) is 38.0 Å². The molecule has 1 heterocycles. The highest BCUT2D eigenvalue weighted by Gasteiger charge is 2.16. The predicted molar refractivity (Wildman–Crippen MR) is 101 cm³/mol. The molecule has 6 nitrogen and oxygen atoms in total. The first-order valence-corrected chi connectivity index (χ1v) is 10.5. The van der Waals surface area contributed by atoms with E-state index >= 15 is 0 Å². The van der Waals surface area contributed by atoms with Gasteiger partial charge in [0.1, 0.15) is 0 Å². The van der Waals surface area contributed by atoms with E-state index < -0.39 is 10.0 Å². The molecule has 0 atom stereocenters. The topological polar surface area (TPSA) is 82.3 Å². The van der Waals surface area contributed by atoms with Gasteiger partial charge in [0.25, 0.3) is 0 Å². The quantitative estimate of drug-likeness (QED) is 0.634. The van der Waals surface area contributed by atoms with E-state index in [1.165, 1.54) is 10.6 Å². The highest BCUT2D eigenvalue weighted by atomic mass is 32.2. The Morgan fingerprint density at radius 1 is 1.20 bits per heavy atom. The van der Waals surface area contributed by atoms with Crippen molar-refractivity contribution in [1.82, 2.24) is 14.6 Å². The molecule has 0 spiro atoms. The average molecular weight is 365 g/mol. The molecule has 1 aromatic carbocycles. The molecule has 1 amide bonds. The van der Waals surface area contributed by atoms with Gasteiger partial charge in [-0.25, -0.2) is 12.7 Å². The van der Waals surface area contributed by atoms with Crippen LogP contribution in [0.15, 0.2) is 30.5 Å². The van der Waals surface area contributed by atoms with Crippen LogP contribution in [0.2, 0.25) is 0 Å². The Morgan fingerprint density at radius 2 is 1.96 bits per heavy atom. The summed E-state index contributed by atoms with van der Waals surface area (Å²) < 4.78 is 25.1. The fraction of sp³-hybridized carbons (Fsp3) is 0.500. The molecular weight excluding hydrogens is 338 g/mol. The van der Waals surface area contributed by atoms with Crippen LogP contribution >= 0.6 is 0 Å². The Bertz CT molecular complexity index is 799. The maximum atomic E-state index is 12.2. The Kier molecular flexibility index (Phi) is 7.01. The first-order chi connectivity index (χ1) is 11.9. The lowest BCUT2D eigenvalue weighted by Gasteiger charge is -2.20. The van der Waals surface area contributed by atoms with E-state index in [0.29, 0.717) is 19.6 Å². The third-order valence-electron chi connectivity index (χ3n) is 4.19. The molecule has 0 saturated heterocycles. The van der Waals surface area contributed by atoms with Crippen LogP contribution in [-0.2, 0) is 21.2 Å². The van der Waals surface area contributed by atoms with Crippen molar-refractivity contribution in [2.24, 2.45) is 0 Å². The number of sulfonamides is 1. The summed E-state index contributed by atoms with van der Waals surface area (Å²) in [6.07, 6.45) is 6.22. The van der Waals surface area contributed by atoms with E-state index in [4.69, 9.17) is 0 Å². The largest absolute Gasteiger partial charge is 0.361 e. The smallest absolute Gasteiger partial charge is 0.224 e. The van der Waals surface area contributed by atoms with Crippen LogP contribution in [0.5, 0.6) is 0 Å². The van der Waals surface area contributed by atoms with Crippen LogP contribution < -0.4 is 5.32 Å². The zero-order chi connectivity index (χ0) is 18.3. The summed E-state index contributed by atoms with van der Waals surface area (Å²) in [4.78, 5) is 15.3. The van der Waals surface area contributed by atoms with Crippen molar-refractivity contribution < 1.29 is 13.2 Å². The number of benzene rings is 1. The molecule has 138 valence electrons. The second-order valence-corrected chi connectivity index (χ2v) is 8.24. The number of rotatable bonds is 10. The van der Waals surface area contributed by atoms with Crippen molar-refractivity contribution in [3.63, 3.8) is 0 Å². The number of hydrogen-bond acceptors (Lipinski definition) is 3. The number of nitrogens with one attached hydrogen (secondary N) is 2. The van der Waals surface area contributed by atoms with Gasteiger partial charge in [-0.15, -0.1) is 0 Å². The average Bonchev–Trinajstić information content (AvgIpc) is 2.96. The summed E-state index contributed by atoms with van der Waals surface area (Å²) in [7, 11) is -3.25. The van der Waals surface area contributed by atoms with Crippen LogP contribution in [0.4, 0.5) is 0 Å². The summed E-state index contributed by atoms with van der Waals surface area (Å²) in [5.41, 5.74) is 1.94. The fourth-order valence-corrected chi connectivity index (χ4v) is 3.70. The predicted octanol–water partition coefficient (Wildman–Crippen LogP) is 2.28. The van der Waals surface area contributed by atoms with Gasteiger partial charge >= 0.3 is 0 Å². The third kappa shape index (κ3) is 5.86. The van der Waals surface area contributed by atoms with Gasteiger partial charge < -0.3 is 10.3 Å². The maximum absolute atomic E-state index is 12.2. The standard InChI is InChI=1S/C18H27N3O3S/c1-3-4-7-11-21(25(2,23)24)12-10-19-18(22)13-15-14-20-17-9-6-5-8-16(15)17/h5-6,8-9,14,20H,3-4,7,10-13H2,1-2H3,(H,19,22). The molecule has 0 aliphatic carbocycles. The highest BCUT2D eigenvalue weighted by Crippen LogP contribution is 2.17. The Hall–Kier alpha value is -1.86. The van der Waals surface area contributed by atoms with E-state index in [1.807, 2.05) is 30.5 Å². The number of amides is 1. The summed E-state index contributed by atoms with van der Waals surface area (Å²) >= 11 is 0. The lowest BCUT2D eigenvalue weighted by atomic mass is 10.1. The van der Waals surface area contributed by atoms with E-state index in [2.05, 4.69) is 17.2 Å². The molecule has 0 bridgehead atoms. The molecule has 0 fully saturated rings. The van der Waals surface area contributed by atoms with Crippen molar-refractivity contribution in [3.8, 4) is 0 Å². The Balaban J connectivity index is 1.84. The minimum atomic E-state index is -3.25. The Morgan fingerprint density at radius 3 is 2.68 bits per heavy atom. The molecule has 2 rings (SSSR count). The molecular formula is C18H27N3O3S. The van der Waals surface area contributed by atoms with Gasteiger partial charge in [0.2, 0.25) is 15.9 Å². The summed E-state index contributed by atoms with van der Waals surface area (Å²) in [6.45, 7) is 3.21. The van der Waals surface area contributed by atoms with Crippen LogP contribution in [0.1, 0.15) is 31.7 Å².